The Balaban J connectivity index is 2.75. The maximum Gasteiger partial charge on any atom is 0.121 e. The highest BCUT2D eigenvalue weighted by atomic mass is 32.1. The standard InChI is InChI=1S/C3H8FNS/c4-3(1-5)2-6/h3,6H,1-2,5H2. The fourth-order valence-corrected chi connectivity index (χ4v) is 0.224. The Bertz CT molecular complexity index is 30.0. The summed E-state index contributed by atoms with van der Waals surface area (Å²) in [5.41, 5.74) is 4.86. The normalized spacial score (nSPS) is 14.5. The summed E-state index contributed by atoms with van der Waals surface area (Å²) in [5, 5.41) is 0. The van der Waals surface area contributed by atoms with Gasteiger partial charge in [-0.3, -0.25) is 0 Å². The minimum atomic E-state index is -0.923. The number of hydrogen-bond acceptors (Lipinski definition) is 2. The van der Waals surface area contributed by atoms with Gasteiger partial charge in [-0.25, -0.2) is 4.39 Å². The lowest BCUT2D eigenvalue weighted by atomic mass is 10.5. The second-order valence-electron chi connectivity index (χ2n) is 1.02. The van der Waals surface area contributed by atoms with Crippen molar-refractivity contribution in [1.82, 2.24) is 0 Å². The Morgan fingerprint density at radius 2 is 2.33 bits per heavy atom. The highest BCUT2D eigenvalue weighted by Crippen LogP contribution is 1.87. The summed E-state index contributed by atoms with van der Waals surface area (Å²) in [4.78, 5) is 0. The number of thiol groups is 1. The molecule has 0 aromatic carbocycles. The van der Waals surface area contributed by atoms with Gasteiger partial charge in [-0.2, -0.15) is 12.6 Å². The van der Waals surface area contributed by atoms with Crippen LogP contribution in [0.2, 0.25) is 0 Å². The molecule has 0 radical (unpaired) electrons. The summed E-state index contributed by atoms with van der Waals surface area (Å²) in [6.07, 6.45) is -0.923. The molecule has 0 saturated heterocycles. The number of nitrogens with two attached hydrogens (primary N) is 1. The van der Waals surface area contributed by atoms with E-state index in [0.717, 1.165) is 0 Å². The van der Waals surface area contributed by atoms with Gasteiger partial charge in [-0.15, -0.1) is 0 Å². The van der Waals surface area contributed by atoms with Gasteiger partial charge >= 0.3 is 0 Å². The van der Waals surface area contributed by atoms with E-state index in [0.29, 0.717) is 0 Å². The summed E-state index contributed by atoms with van der Waals surface area (Å²) in [6, 6.07) is 0. The van der Waals surface area contributed by atoms with Crippen LogP contribution in [0.15, 0.2) is 0 Å². The van der Waals surface area contributed by atoms with E-state index in [4.69, 9.17) is 5.73 Å². The Kier molecular flexibility index (Phi) is 3.57. The van der Waals surface area contributed by atoms with Crippen LogP contribution in [0.4, 0.5) is 4.39 Å². The molecule has 1 unspecified atom stereocenters. The van der Waals surface area contributed by atoms with Crippen LogP contribution < -0.4 is 5.73 Å². The van der Waals surface area contributed by atoms with Crippen molar-refractivity contribution in [1.29, 1.82) is 0 Å². The van der Waals surface area contributed by atoms with Gasteiger partial charge in [0.25, 0.3) is 0 Å². The van der Waals surface area contributed by atoms with E-state index in [1.54, 1.807) is 0 Å². The predicted molar refractivity (Wildman–Crippen MR) is 27.8 cm³/mol. The molecule has 2 N–H and O–H groups in total. The van der Waals surface area contributed by atoms with E-state index >= 15 is 0 Å². The highest BCUT2D eigenvalue weighted by Gasteiger charge is 1.95. The van der Waals surface area contributed by atoms with Crippen molar-refractivity contribution in [2.75, 3.05) is 12.3 Å². The molecule has 0 heterocycles. The van der Waals surface area contributed by atoms with Crippen molar-refractivity contribution in [2.45, 2.75) is 6.17 Å². The van der Waals surface area contributed by atoms with Crippen LogP contribution in [-0.2, 0) is 0 Å². The van der Waals surface area contributed by atoms with Crippen molar-refractivity contribution in [3.8, 4) is 0 Å². The van der Waals surface area contributed by atoms with Crippen LogP contribution in [0.1, 0.15) is 0 Å². The average Bonchev–Trinajstić information content (AvgIpc) is 1.65. The van der Waals surface area contributed by atoms with E-state index in [-0.39, 0.29) is 12.3 Å². The first-order valence-electron chi connectivity index (χ1n) is 1.76. The van der Waals surface area contributed by atoms with E-state index in [2.05, 4.69) is 12.6 Å². The van der Waals surface area contributed by atoms with E-state index < -0.39 is 6.17 Å². The lowest BCUT2D eigenvalue weighted by Gasteiger charge is -1.94. The van der Waals surface area contributed by atoms with Crippen LogP contribution in [0.25, 0.3) is 0 Å². The maximum absolute atomic E-state index is 11.7. The molecule has 0 aliphatic rings. The molecule has 1 nitrogen and oxygen atoms in total. The molecule has 0 amide bonds. The molecule has 38 valence electrons. The van der Waals surface area contributed by atoms with Gasteiger partial charge in [0.15, 0.2) is 0 Å². The monoisotopic (exact) mass is 109 g/mol. The fraction of sp³-hybridized carbons (Fsp3) is 1.00. The maximum atomic E-state index is 11.7. The van der Waals surface area contributed by atoms with E-state index in [1.807, 2.05) is 0 Å². The molecule has 0 saturated carbocycles. The Labute approximate surface area is 42.1 Å². The molecule has 3 heteroatoms. The molecule has 0 spiro atoms. The Hall–Kier alpha value is 0.240. The zero-order valence-electron chi connectivity index (χ0n) is 3.39. The van der Waals surface area contributed by atoms with Crippen LogP contribution in [0.3, 0.4) is 0 Å². The third kappa shape index (κ3) is 2.48. The van der Waals surface area contributed by atoms with Crippen molar-refractivity contribution >= 4 is 12.6 Å². The molecule has 0 rings (SSSR count). The van der Waals surface area contributed by atoms with E-state index in [1.165, 1.54) is 0 Å². The molecule has 6 heavy (non-hydrogen) atoms. The fourth-order valence-electron chi connectivity index (χ4n) is 0.0745. The van der Waals surface area contributed by atoms with Crippen LogP contribution in [0.5, 0.6) is 0 Å². The van der Waals surface area contributed by atoms with Gasteiger partial charge in [0, 0.05) is 12.3 Å². The smallest absolute Gasteiger partial charge is 0.121 e. The molecule has 0 aliphatic heterocycles. The summed E-state index contributed by atoms with van der Waals surface area (Å²) >= 11 is 3.64. The molecule has 0 aromatic heterocycles. The second-order valence-corrected chi connectivity index (χ2v) is 1.38. The summed E-state index contributed by atoms with van der Waals surface area (Å²) in [5.74, 6) is 0.233. The first-order chi connectivity index (χ1) is 2.81. The van der Waals surface area contributed by atoms with Crippen molar-refractivity contribution in [3.05, 3.63) is 0 Å². The number of halogens is 1. The number of rotatable bonds is 2. The Morgan fingerprint density at radius 1 is 1.83 bits per heavy atom. The van der Waals surface area contributed by atoms with Crippen LogP contribution in [0, 0.1) is 0 Å². The lowest BCUT2D eigenvalue weighted by molar-refractivity contribution is 0.377. The van der Waals surface area contributed by atoms with Gasteiger partial charge in [0.05, 0.1) is 0 Å². The largest absolute Gasteiger partial charge is 0.328 e. The molecular formula is C3H8FNS. The third-order valence-electron chi connectivity index (χ3n) is 0.454. The summed E-state index contributed by atoms with van der Waals surface area (Å²) in [6.45, 7) is 0.0868. The molecule has 0 aromatic rings. The van der Waals surface area contributed by atoms with Gasteiger partial charge in [-0.05, 0) is 0 Å². The average molecular weight is 109 g/mol. The van der Waals surface area contributed by atoms with Gasteiger partial charge in [0.1, 0.15) is 6.17 Å². The first kappa shape index (κ1) is 6.24. The summed E-state index contributed by atoms with van der Waals surface area (Å²) < 4.78 is 11.7. The molecular weight excluding hydrogens is 101 g/mol. The summed E-state index contributed by atoms with van der Waals surface area (Å²) in [7, 11) is 0. The lowest BCUT2D eigenvalue weighted by Crippen LogP contribution is -2.15. The third-order valence-corrected chi connectivity index (χ3v) is 0.850. The van der Waals surface area contributed by atoms with Crippen LogP contribution >= 0.6 is 12.6 Å². The van der Waals surface area contributed by atoms with Crippen molar-refractivity contribution in [3.63, 3.8) is 0 Å². The Morgan fingerprint density at radius 3 is 2.33 bits per heavy atom. The van der Waals surface area contributed by atoms with Gasteiger partial charge in [-0.1, -0.05) is 0 Å². The number of hydrogen-bond donors (Lipinski definition) is 2. The first-order valence-corrected chi connectivity index (χ1v) is 2.39. The zero-order valence-corrected chi connectivity index (χ0v) is 4.29. The topological polar surface area (TPSA) is 26.0 Å². The van der Waals surface area contributed by atoms with Crippen molar-refractivity contribution in [2.24, 2.45) is 5.73 Å². The highest BCUT2D eigenvalue weighted by molar-refractivity contribution is 7.80. The number of alkyl halides is 1. The zero-order chi connectivity index (χ0) is 4.99. The quantitative estimate of drug-likeness (QED) is 0.487. The van der Waals surface area contributed by atoms with Gasteiger partial charge < -0.3 is 5.73 Å². The second kappa shape index (κ2) is 3.43. The molecule has 1 atom stereocenters. The molecule has 0 aliphatic carbocycles. The van der Waals surface area contributed by atoms with E-state index in [9.17, 15) is 4.39 Å². The molecule has 0 fully saturated rings. The SMILES string of the molecule is NCC(F)CS. The minimum Gasteiger partial charge on any atom is -0.328 e. The molecule has 0 bridgehead atoms. The predicted octanol–water partition coefficient (Wildman–Crippen LogP) is 0.213. The van der Waals surface area contributed by atoms with Gasteiger partial charge in [0.2, 0.25) is 0 Å². The minimum absolute atomic E-state index is 0.0868. The van der Waals surface area contributed by atoms with Crippen molar-refractivity contribution < 1.29 is 4.39 Å². The van der Waals surface area contributed by atoms with Crippen LogP contribution in [-0.4, -0.2) is 18.5 Å².